The lowest BCUT2D eigenvalue weighted by Gasteiger charge is -2.32. The van der Waals surface area contributed by atoms with E-state index in [1.165, 1.54) is 24.3 Å². The Morgan fingerprint density at radius 1 is 1.23 bits per heavy atom. The molecule has 0 aliphatic carbocycles. The summed E-state index contributed by atoms with van der Waals surface area (Å²) in [5.41, 5.74) is 0.561. The molecule has 1 aromatic rings. The molecule has 1 aromatic carbocycles. The fourth-order valence-electron chi connectivity index (χ4n) is 2.10. The second kappa shape index (κ2) is 7.21. The highest BCUT2D eigenvalue weighted by Gasteiger charge is 2.31. The third-order valence-electron chi connectivity index (χ3n) is 3.37. The average Bonchev–Trinajstić information content (AvgIpc) is 2.49. The van der Waals surface area contributed by atoms with E-state index in [4.69, 9.17) is 9.84 Å². The number of carbonyl (C=O) groups is 2. The minimum Gasteiger partial charge on any atom is -0.478 e. The minimum atomic E-state index is -1.04. The highest BCUT2D eigenvalue weighted by atomic mass is 16.5. The van der Waals surface area contributed by atoms with Crippen molar-refractivity contribution in [3.05, 3.63) is 29.8 Å². The number of nitrogens with one attached hydrogen (secondary N) is 2. The van der Waals surface area contributed by atoms with Crippen LogP contribution in [0, 0.1) is 0 Å². The highest BCUT2D eigenvalue weighted by molar-refractivity contribution is 5.91. The predicted molar refractivity (Wildman–Crippen MR) is 76.8 cm³/mol. The van der Waals surface area contributed by atoms with Gasteiger partial charge < -0.3 is 30.7 Å². The first-order valence-corrected chi connectivity index (χ1v) is 6.83. The van der Waals surface area contributed by atoms with Gasteiger partial charge >= 0.3 is 12.0 Å². The quantitative estimate of drug-likeness (QED) is 0.533. The predicted octanol–water partition coefficient (Wildman–Crippen LogP) is 0.0170. The average molecular weight is 310 g/mol. The number of urea groups is 1. The zero-order chi connectivity index (χ0) is 16.1. The number of carboxylic acids is 1. The summed E-state index contributed by atoms with van der Waals surface area (Å²) in [6.45, 7) is 0.375. The lowest BCUT2D eigenvalue weighted by molar-refractivity contribution is -0.131. The van der Waals surface area contributed by atoms with Crippen LogP contribution in [-0.2, 0) is 4.74 Å². The number of aliphatic hydroxyl groups is 2. The first kappa shape index (κ1) is 16.2. The highest BCUT2D eigenvalue weighted by Crippen LogP contribution is 2.14. The molecule has 3 atom stereocenters. The third kappa shape index (κ3) is 4.17. The molecule has 1 aliphatic rings. The Morgan fingerprint density at radius 3 is 2.55 bits per heavy atom. The lowest BCUT2D eigenvalue weighted by atomic mass is 10.0. The molecule has 1 saturated heterocycles. The molecule has 3 unspecified atom stereocenters. The fraction of sp³-hybridized carbons (Fsp3) is 0.429. The Bertz CT molecular complexity index is 533. The Kier molecular flexibility index (Phi) is 5.31. The van der Waals surface area contributed by atoms with Gasteiger partial charge in [-0.2, -0.15) is 0 Å². The van der Waals surface area contributed by atoms with Gasteiger partial charge in [0.1, 0.15) is 12.2 Å². The Labute approximate surface area is 126 Å². The molecule has 2 rings (SSSR count). The smallest absolute Gasteiger partial charge is 0.335 e. The van der Waals surface area contributed by atoms with Gasteiger partial charge in [0.15, 0.2) is 0 Å². The second-order valence-electron chi connectivity index (χ2n) is 4.97. The van der Waals surface area contributed by atoms with Crippen molar-refractivity contribution in [2.75, 3.05) is 18.5 Å². The molecule has 5 N–H and O–H groups in total. The zero-order valence-corrected chi connectivity index (χ0v) is 11.7. The van der Waals surface area contributed by atoms with E-state index in [9.17, 15) is 19.8 Å². The van der Waals surface area contributed by atoms with Gasteiger partial charge in [-0.05, 0) is 30.7 Å². The molecule has 120 valence electrons. The van der Waals surface area contributed by atoms with Gasteiger partial charge in [-0.1, -0.05) is 0 Å². The summed E-state index contributed by atoms with van der Waals surface area (Å²) < 4.78 is 5.29. The van der Waals surface area contributed by atoms with E-state index in [1.807, 2.05) is 0 Å². The van der Waals surface area contributed by atoms with Crippen LogP contribution in [0.15, 0.2) is 24.3 Å². The zero-order valence-electron chi connectivity index (χ0n) is 11.7. The molecular formula is C14H18N2O6. The fourth-order valence-corrected chi connectivity index (χ4v) is 2.10. The molecule has 0 spiro atoms. The summed E-state index contributed by atoms with van der Waals surface area (Å²) in [5.74, 6) is -1.04. The molecular weight excluding hydrogens is 292 g/mol. The Morgan fingerprint density at radius 2 is 1.91 bits per heavy atom. The first-order chi connectivity index (χ1) is 10.5. The van der Waals surface area contributed by atoms with E-state index in [2.05, 4.69) is 10.6 Å². The summed E-state index contributed by atoms with van der Waals surface area (Å²) >= 11 is 0. The summed E-state index contributed by atoms with van der Waals surface area (Å²) in [4.78, 5) is 22.4. The third-order valence-corrected chi connectivity index (χ3v) is 3.37. The van der Waals surface area contributed by atoms with Crippen LogP contribution in [0.3, 0.4) is 0 Å². The van der Waals surface area contributed by atoms with E-state index >= 15 is 0 Å². The van der Waals surface area contributed by atoms with E-state index in [0.717, 1.165) is 0 Å². The number of carbonyl (C=O) groups excluding carboxylic acids is 1. The van der Waals surface area contributed by atoms with Crippen LogP contribution in [-0.4, -0.2) is 58.8 Å². The van der Waals surface area contributed by atoms with Crippen molar-refractivity contribution in [1.29, 1.82) is 0 Å². The number of benzene rings is 1. The number of hydrogen-bond acceptors (Lipinski definition) is 5. The van der Waals surface area contributed by atoms with E-state index < -0.39 is 30.3 Å². The summed E-state index contributed by atoms with van der Waals surface area (Å²) in [7, 11) is 0. The van der Waals surface area contributed by atoms with Crippen molar-refractivity contribution >= 4 is 17.7 Å². The van der Waals surface area contributed by atoms with Crippen molar-refractivity contribution in [3.63, 3.8) is 0 Å². The maximum atomic E-state index is 11.7. The molecule has 8 heteroatoms. The van der Waals surface area contributed by atoms with Gasteiger partial charge in [0.25, 0.3) is 0 Å². The standard InChI is InChI=1S/C14H18N2O6/c17-10-5-6-22-11(12(10)18)7-15-14(21)16-9-3-1-8(2-4-9)13(19)20/h1-4,10-12,17-18H,5-7H2,(H,19,20)(H2,15,16,21). The monoisotopic (exact) mass is 310 g/mol. The number of aliphatic hydroxyl groups excluding tert-OH is 2. The lowest BCUT2D eigenvalue weighted by Crippen LogP contribution is -2.50. The second-order valence-corrected chi connectivity index (χ2v) is 4.97. The van der Waals surface area contributed by atoms with E-state index in [1.54, 1.807) is 0 Å². The molecule has 1 heterocycles. The van der Waals surface area contributed by atoms with Crippen LogP contribution in [0.5, 0.6) is 0 Å². The molecule has 1 aliphatic heterocycles. The number of anilines is 1. The number of ether oxygens (including phenoxy) is 1. The van der Waals surface area contributed by atoms with Crippen LogP contribution in [0.2, 0.25) is 0 Å². The summed E-state index contributed by atoms with van der Waals surface area (Å²) in [6, 6.07) is 5.18. The summed E-state index contributed by atoms with van der Waals surface area (Å²) in [6.07, 6.45) is -2.19. The molecule has 1 fully saturated rings. The number of hydrogen-bond donors (Lipinski definition) is 5. The maximum absolute atomic E-state index is 11.7. The molecule has 0 aromatic heterocycles. The van der Waals surface area contributed by atoms with Crippen molar-refractivity contribution in [2.24, 2.45) is 0 Å². The molecule has 0 saturated carbocycles. The number of amides is 2. The largest absolute Gasteiger partial charge is 0.478 e. The molecule has 8 nitrogen and oxygen atoms in total. The molecule has 2 amide bonds. The van der Waals surface area contributed by atoms with Crippen LogP contribution >= 0.6 is 0 Å². The number of aromatic carboxylic acids is 1. The molecule has 0 radical (unpaired) electrons. The van der Waals surface area contributed by atoms with Crippen molar-refractivity contribution < 1.29 is 29.6 Å². The normalized spacial score (nSPS) is 24.5. The van der Waals surface area contributed by atoms with Crippen LogP contribution in [0.4, 0.5) is 10.5 Å². The SMILES string of the molecule is O=C(NCC1OCCC(O)C1O)Nc1ccc(C(=O)O)cc1. The Hall–Kier alpha value is -2.16. The van der Waals surface area contributed by atoms with E-state index in [-0.39, 0.29) is 12.1 Å². The van der Waals surface area contributed by atoms with Gasteiger partial charge in [0.05, 0.1) is 11.7 Å². The van der Waals surface area contributed by atoms with Gasteiger partial charge in [0.2, 0.25) is 0 Å². The first-order valence-electron chi connectivity index (χ1n) is 6.83. The topological polar surface area (TPSA) is 128 Å². The van der Waals surface area contributed by atoms with Gasteiger partial charge in [-0.3, -0.25) is 0 Å². The number of rotatable bonds is 4. The van der Waals surface area contributed by atoms with Crippen molar-refractivity contribution in [2.45, 2.75) is 24.7 Å². The van der Waals surface area contributed by atoms with E-state index in [0.29, 0.717) is 18.7 Å². The Balaban J connectivity index is 1.81. The number of carboxylic acid groups (broad SMARTS) is 1. The maximum Gasteiger partial charge on any atom is 0.335 e. The van der Waals surface area contributed by atoms with Crippen LogP contribution in [0.1, 0.15) is 16.8 Å². The molecule has 22 heavy (non-hydrogen) atoms. The van der Waals surface area contributed by atoms with Crippen molar-refractivity contribution in [1.82, 2.24) is 5.32 Å². The molecule has 0 bridgehead atoms. The van der Waals surface area contributed by atoms with Crippen LogP contribution < -0.4 is 10.6 Å². The minimum absolute atomic E-state index is 0.0528. The summed E-state index contributed by atoms with van der Waals surface area (Å²) in [5, 5.41) is 33.1. The van der Waals surface area contributed by atoms with Crippen molar-refractivity contribution in [3.8, 4) is 0 Å². The van der Waals surface area contributed by atoms with Crippen LogP contribution in [0.25, 0.3) is 0 Å². The van der Waals surface area contributed by atoms with Gasteiger partial charge in [-0.25, -0.2) is 9.59 Å². The van der Waals surface area contributed by atoms with Gasteiger partial charge in [0, 0.05) is 18.8 Å². The van der Waals surface area contributed by atoms with Gasteiger partial charge in [-0.15, -0.1) is 0 Å².